The number of aryl methyl sites for hydroxylation is 2. The first-order valence-electron chi connectivity index (χ1n) is 9.74. The Hall–Kier alpha value is -2.93. The molecule has 2 N–H and O–H groups in total. The van der Waals surface area contributed by atoms with E-state index in [0.29, 0.717) is 30.8 Å². The molecule has 0 unspecified atom stereocenters. The number of amides is 2. The molecule has 7 heteroatoms. The van der Waals surface area contributed by atoms with Gasteiger partial charge in [0.2, 0.25) is 5.91 Å². The maximum atomic E-state index is 12.0. The molecule has 29 heavy (non-hydrogen) atoms. The number of rotatable bonds is 9. The van der Waals surface area contributed by atoms with Gasteiger partial charge in [-0.25, -0.2) is 4.68 Å². The largest absolute Gasteiger partial charge is 0.356 e. The van der Waals surface area contributed by atoms with Gasteiger partial charge in [-0.05, 0) is 61.9 Å². The van der Waals surface area contributed by atoms with E-state index in [-0.39, 0.29) is 11.8 Å². The van der Waals surface area contributed by atoms with E-state index in [9.17, 15) is 9.59 Å². The number of thiophene rings is 1. The van der Waals surface area contributed by atoms with Crippen LogP contribution in [-0.2, 0) is 11.2 Å². The van der Waals surface area contributed by atoms with Crippen molar-refractivity contribution in [3.63, 3.8) is 0 Å². The zero-order valence-corrected chi connectivity index (χ0v) is 17.6. The number of hydrogen-bond donors (Lipinski definition) is 2. The van der Waals surface area contributed by atoms with E-state index in [1.54, 1.807) is 6.07 Å². The van der Waals surface area contributed by atoms with Crippen molar-refractivity contribution in [2.24, 2.45) is 0 Å². The Morgan fingerprint density at radius 2 is 1.86 bits per heavy atom. The lowest BCUT2D eigenvalue weighted by Crippen LogP contribution is -2.28. The van der Waals surface area contributed by atoms with Crippen LogP contribution in [0, 0.1) is 13.8 Å². The summed E-state index contributed by atoms with van der Waals surface area (Å²) < 4.78 is 1.93. The minimum atomic E-state index is -0.0793. The van der Waals surface area contributed by atoms with Gasteiger partial charge in [0.1, 0.15) is 0 Å². The second-order valence-corrected chi connectivity index (χ2v) is 7.89. The van der Waals surface area contributed by atoms with Crippen LogP contribution in [0.2, 0.25) is 0 Å². The molecule has 1 aromatic carbocycles. The van der Waals surface area contributed by atoms with Crippen LogP contribution in [0.1, 0.15) is 39.5 Å². The van der Waals surface area contributed by atoms with E-state index in [1.165, 1.54) is 16.9 Å². The maximum Gasteiger partial charge on any atom is 0.261 e. The van der Waals surface area contributed by atoms with Crippen molar-refractivity contribution in [2.45, 2.75) is 33.1 Å². The molecule has 2 aromatic heterocycles. The Morgan fingerprint density at radius 3 is 2.52 bits per heavy atom. The molecule has 0 spiro atoms. The smallest absolute Gasteiger partial charge is 0.261 e. The average molecular weight is 411 g/mol. The lowest BCUT2D eigenvalue weighted by Gasteiger charge is -2.08. The van der Waals surface area contributed by atoms with E-state index in [2.05, 4.69) is 33.9 Å². The first-order chi connectivity index (χ1) is 14.0. The fourth-order valence-electron chi connectivity index (χ4n) is 3.07. The molecule has 2 heterocycles. The summed E-state index contributed by atoms with van der Waals surface area (Å²) in [7, 11) is 0. The third-order valence-corrected chi connectivity index (χ3v) is 5.41. The molecule has 2 amide bonds. The molecule has 0 saturated carbocycles. The zero-order valence-electron chi connectivity index (χ0n) is 16.8. The van der Waals surface area contributed by atoms with Crippen LogP contribution < -0.4 is 10.6 Å². The average Bonchev–Trinajstić information content (AvgIpc) is 3.35. The van der Waals surface area contributed by atoms with Gasteiger partial charge in [0, 0.05) is 25.2 Å². The van der Waals surface area contributed by atoms with E-state index >= 15 is 0 Å². The van der Waals surface area contributed by atoms with Crippen LogP contribution in [0.25, 0.3) is 5.69 Å². The van der Waals surface area contributed by atoms with Crippen LogP contribution in [0.4, 0.5) is 0 Å². The molecule has 0 fully saturated rings. The summed E-state index contributed by atoms with van der Waals surface area (Å²) in [6.45, 7) is 5.12. The van der Waals surface area contributed by atoms with E-state index < -0.39 is 0 Å². The molecule has 0 saturated heterocycles. The van der Waals surface area contributed by atoms with Gasteiger partial charge in [-0.1, -0.05) is 18.2 Å². The Kier molecular flexibility index (Phi) is 7.19. The number of aromatic nitrogens is 2. The SMILES string of the molecule is Cc1cc(C)n(-c2ccc(CCNC(=O)CCCNC(=O)c3cccs3)cc2)n1. The Labute approximate surface area is 175 Å². The Bertz CT molecular complexity index is 946. The summed E-state index contributed by atoms with van der Waals surface area (Å²) in [6.07, 6.45) is 1.81. The van der Waals surface area contributed by atoms with Crippen LogP contribution in [0.5, 0.6) is 0 Å². The monoisotopic (exact) mass is 410 g/mol. The van der Waals surface area contributed by atoms with Gasteiger partial charge in [0.25, 0.3) is 5.91 Å². The molecule has 0 aliphatic carbocycles. The predicted octanol–water partition coefficient (Wildman–Crippen LogP) is 3.42. The highest BCUT2D eigenvalue weighted by Gasteiger charge is 2.07. The van der Waals surface area contributed by atoms with Crippen molar-refractivity contribution in [2.75, 3.05) is 13.1 Å². The summed E-state index contributed by atoms with van der Waals surface area (Å²) >= 11 is 1.41. The highest BCUT2D eigenvalue weighted by molar-refractivity contribution is 7.12. The number of carbonyl (C=O) groups is 2. The lowest BCUT2D eigenvalue weighted by molar-refractivity contribution is -0.121. The van der Waals surface area contributed by atoms with Crippen LogP contribution in [-0.4, -0.2) is 34.7 Å². The first-order valence-corrected chi connectivity index (χ1v) is 10.6. The van der Waals surface area contributed by atoms with Crippen LogP contribution in [0.3, 0.4) is 0 Å². The summed E-state index contributed by atoms with van der Waals surface area (Å²) in [4.78, 5) is 24.5. The second kappa shape index (κ2) is 10.0. The summed E-state index contributed by atoms with van der Waals surface area (Å²) in [5.74, 6) is -0.0704. The van der Waals surface area contributed by atoms with Gasteiger partial charge in [-0.3, -0.25) is 9.59 Å². The molecular formula is C22H26N4O2S. The van der Waals surface area contributed by atoms with Gasteiger partial charge < -0.3 is 10.6 Å². The van der Waals surface area contributed by atoms with Crippen molar-refractivity contribution in [1.29, 1.82) is 0 Å². The normalized spacial score (nSPS) is 10.7. The molecule has 152 valence electrons. The van der Waals surface area contributed by atoms with E-state index in [1.807, 2.05) is 42.1 Å². The molecule has 0 aliphatic rings. The van der Waals surface area contributed by atoms with Crippen LogP contribution in [0.15, 0.2) is 47.8 Å². The molecule has 0 bridgehead atoms. The lowest BCUT2D eigenvalue weighted by atomic mass is 10.1. The highest BCUT2D eigenvalue weighted by atomic mass is 32.1. The first kappa shape index (κ1) is 20.8. The minimum Gasteiger partial charge on any atom is -0.356 e. The van der Waals surface area contributed by atoms with E-state index in [0.717, 1.165) is 23.5 Å². The number of benzene rings is 1. The quantitative estimate of drug-likeness (QED) is 0.531. The molecule has 0 radical (unpaired) electrons. The van der Waals surface area contributed by atoms with E-state index in [4.69, 9.17) is 0 Å². The number of hydrogen-bond acceptors (Lipinski definition) is 4. The maximum absolute atomic E-state index is 12.0. The summed E-state index contributed by atoms with van der Waals surface area (Å²) in [5.41, 5.74) is 4.31. The molecule has 0 atom stereocenters. The second-order valence-electron chi connectivity index (χ2n) is 6.94. The Morgan fingerprint density at radius 1 is 1.07 bits per heavy atom. The zero-order chi connectivity index (χ0) is 20.6. The topological polar surface area (TPSA) is 76.0 Å². The fraction of sp³-hybridized carbons (Fsp3) is 0.318. The number of carbonyl (C=O) groups excluding carboxylic acids is 2. The Balaban J connectivity index is 1.33. The molecule has 3 aromatic rings. The van der Waals surface area contributed by atoms with Gasteiger partial charge in [-0.15, -0.1) is 11.3 Å². The number of nitrogens with one attached hydrogen (secondary N) is 2. The third kappa shape index (κ3) is 6.02. The highest BCUT2D eigenvalue weighted by Crippen LogP contribution is 2.13. The van der Waals surface area contributed by atoms with Gasteiger partial charge >= 0.3 is 0 Å². The minimum absolute atomic E-state index is 0.00892. The van der Waals surface area contributed by atoms with Crippen molar-refractivity contribution >= 4 is 23.2 Å². The molecule has 6 nitrogen and oxygen atoms in total. The van der Waals surface area contributed by atoms with Gasteiger partial charge in [0.05, 0.1) is 16.3 Å². The van der Waals surface area contributed by atoms with Crippen molar-refractivity contribution in [3.8, 4) is 5.69 Å². The van der Waals surface area contributed by atoms with Crippen molar-refractivity contribution < 1.29 is 9.59 Å². The third-order valence-electron chi connectivity index (χ3n) is 4.54. The van der Waals surface area contributed by atoms with Crippen molar-refractivity contribution in [3.05, 3.63) is 69.7 Å². The molecule has 3 rings (SSSR count). The van der Waals surface area contributed by atoms with Crippen LogP contribution >= 0.6 is 11.3 Å². The van der Waals surface area contributed by atoms with Gasteiger partial charge in [0.15, 0.2) is 0 Å². The molecule has 0 aliphatic heterocycles. The standard InChI is InChI=1S/C22H26N4O2S/c1-16-15-17(2)26(25-16)19-9-7-18(8-10-19)11-13-23-21(27)6-3-12-24-22(28)20-5-4-14-29-20/h4-5,7-10,14-15H,3,6,11-13H2,1-2H3,(H,23,27)(H,24,28). The fourth-order valence-corrected chi connectivity index (χ4v) is 3.71. The molecular weight excluding hydrogens is 384 g/mol. The summed E-state index contributed by atoms with van der Waals surface area (Å²) in [5, 5.41) is 12.1. The predicted molar refractivity (Wildman–Crippen MR) is 116 cm³/mol. The number of nitrogens with zero attached hydrogens (tertiary/aromatic N) is 2. The summed E-state index contributed by atoms with van der Waals surface area (Å²) in [6, 6.07) is 13.9. The van der Waals surface area contributed by atoms with Gasteiger partial charge in [-0.2, -0.15) is 5.10 Å². The van der Waals surface area contributed by atoms with Crippen molar-refractivity contribution in [1.82, 2.24) is 20.4 Å².